The molecule has 130 valence electrons. The standard InChI is InChI=1S/C15H25N3O4S/c1-12-11-13(7-8-14(12)23(20,21)17(2)3)16-15(19)18(4)9-6-10-22-5/h7-8,11H,6,9-10H2,1-5H3,(H,16,19). The Morgan fingerprint density at radius 1 is 1.26 bits per heavy atom. The first-order valence-electron chi connectivity index (χ1n) is 7.24. The van der Waals surface area contributed by atoms with Gasteiger partial charge in [-0.1, -0.05) is 0 Å². The van der Waals surface area contributed by atoms with Gasteiger partial charge >= 0.3 is 6.03 Å². The molecule has 0 unspecified atom stereocenters. The summed E-state index contributed by atoms with van der Waals surface area (Å²) in [5, 5.41) is 2.76. The van der Waals surface area contributed by atoms with Gasteiger partial charge in [0.05, 0.1) is 4.90 Å². The highest BCUT2D eigenvalue weighted by Crippen LogP contribution is 2.21. The molecule has 0 aromatic heterocycles. The molecular formula is C15H25N3O4S. The molecule has 1 rings (SSSR count). The predicted octanol–water partition coefficient (Wildman–Crippen LogP) is 1.75. The molecule has 0 saturated heterocycles. The summed E-state index contributed by atoms with van der Waals surface area (Å²) in [4.78, 5) is 13.8. The summed E-state index contributed by atoms with van der Waals surface area (Å²) in [7, 11) is 2.80. The van der Waals surface area contributed by atoms with Crippen molar-refractivity contribution in [3.05, 3.63) is 23.8 Å². The Kier molecular flexibility index (Phi) is 6.99. The Morgan fingerprint density at radius 3 is 2.43 bits per heavy atom. The third-order valence-corrected chi connectivity index (χ3v) is 5.35. The maximum absolute atomic E-state index is 12.2. The molecule has 23 heavy (non-hydrogen) atoms. The van der Waals surface area contributed by atoms with Gasteiger partial charge < -0.3 is 15.0 Å². The first-order chi connectivity index (χ1) is 10.7. The summed E-state index contributed by atoms with van der Waals surface area (Å²) < 4.78 is 30.4. The SMILES string of the molecule is COCCCN(C)C(=O)Nc1ccc(S(=O)(=O)N(C)C)c(C)c1. The summed E-state index contributed by atoms with van der Waals surface area (Å²) in [6, 6.07) is 4.50. The minimum absolute atomic E-state index is 0.231. The summed E-state index contributed by atoms with van der Waals surface area (Å²) in [5.74, 6) is 0. The number of sulfonamides is 1. The van der Waals surface area contributed by atoms with Crippen LogP contribution in [0.25, 0.3) is 0 Å². The summed E-state index contributed by atoms with van der Waals surface area (Å²) in [6.07, 6.45) is 0.749. The number of amides is 2. The number of hydrogen-bond acceptors (Lipinski definition) is 4. The molecule has 1 aromatic carbocycles. The fraction of sp³-hybridized carbons (Fsp3) is 0.533. The van der Waals surface area contributed by atoms with Gasteiger partial charge in [-0.25, -0.2) is 17.5 Å². The highest BCUT2D eigenvalue weighted by atomic mass is 32.2. The van der Waals surface area contributed by atoms with Gasteiger partial charge in [0, 0.05) is 47.1 Å². The van der Waals surface area contributed by atoms with E-state index >= 15 is 0 Å². The van der Waals surface area contributed by atoms with Gasteiger partial charge in [0.25, 0.3) is 0 Å². The molecule has 1 aromatic rings. The maximum atomic E-state index is 12.2. The van der Waals surface area contributed by atoms with Gasteiger partial charge in [-0.05, 0) is 37.1 Å². The summed E-state index contributed by atoms with van der Waals surface area (Å²) in [5.41, 5.74) is 1.14. The van der Waals surface area contributed by atoms with E-state index < -0.39 is 10.0 Å². The van der Waals surface area contributed by atoms with Crippen molar-refractivity contribution in [3.8, 4) is 0 Å². The van der Waals surface area contributed by atoms with Gasteiger partial charge in [0.15, 0.2) is 0 Å². The lowest BCUT2D eigenvalue weighted by atomic mass is 10.2. The lowest BCUT2D eigenvalue weighted by Crippen LogP contribution is -2.32. The second kappa shape index (κ2) is 8.28. The van der Waals surface area contributed by atoms with Crippen LogP contribution in [0.5, 0.6) is 0 Å². The van der Waals surface area contributed by atoms with Gasteiger partial charge in [0.2, 0.25) is 10.0 Å². The van der Waals surface area contributed by atoms with Crippen LogP contribution in [0.4, 0.5) is 10.5 Å². The molecule has 0 aliphatic carbocycles. The lowest BCUT2D eigenvalue weighted by Gasteiger charge is -2.19. The molecule has 8 heteroatoms. The number of aryl methyl sites for hydroxylation is 1. The van der Waals surface area contributed by atoms with E-state index in [1.807, 2.05) is 0 Å². The van der Waals surface area contributed by atoms with Crippen molar-refractivity contribution in [2.75, 3.05) is 46.7 Å². The molecule has 1 N–H and O–H groups in total. The number of ether oxygens (including phenoxy) is 1. The third-order valence-electron chi connectivity index (χ3n) is 3.37. The van der Waals surface area contributed by atoms with Crippen LogP contribution in [0, 0.1) is 6.92 Å². The van der Waals surface area contributed by atoms with Crippen molar-refractivity contribution >= 4 is 21.7 Å². The van der Waals surface area contributed by atoms with Gasteiger partial charge in [-0.15, -0.1) is 0 Å². The molecule has 7 nitrogen and oxygen atoms in total. The van der Waals surface area contributed by atoms with E-state index in [1.165, 1.54) is 20.2 Å². The summed E-state index contributed by atoms with van der Waals surface area (Å²) in [6.45, 7) is 2.87. The normalized spacial score (nSPS) is 11.6. The number of hydrogen-bond donors (Lipinski definition) is 1. The Hall–Kier alpha value is -1.64. The highest BCUT2D eigenvalue weighted by molar-refractivity contribution is 7.89. The van der Waals surface area contributed by atoms with E-state index in [9.17, 15) is 13.2 Å². The number of anilines is 1. The molecule has 0 fully saturated rings. The number of methoxy groups -OCH3 is 1. The highest BCUT2D eigenvalue weighted by Gasteiger charge is 2.20. The van der Waals surface area contributed by atoms with Gasteiger partial charge in [0.1, 0.15) is 0 Å². The van der Waals surface area contributed by atoms with Crippen LogP contribution in [-0.4, -0.2) is 65.1 Å². The van der Waals surface area contributed by atoms with Crippen molar-refractivity contribution in [2.45, 2.75) is 18.2 Å². The molecular weight excluding hydrogens is 318 g/mol. The van der Waals surface area contributed by atoms with Crippen LogP contribution in [-0.2, 0) is 14.8 Å². The van der Waals surface area contributed by atoms with Crippen molar-refractivity contribution in [3.63, 3.8) is 0 Å². The zero-order valence-electron chi connectivity index (χ0n) is 14.3. The fourth-order valence-corrected chi connectivity index (χ4v) is 3.08. The minimum Gasteiger partial charge on any atom is -0.385 e. The number of urea groups is 1. The quantitative estimate of drug-likeness (QED) is 0.765. The van der Waals surface area contributed by atoms with Crippen LogP contribution in [0.2, 0.25) is 0 Å². The first-order valence-corrected chi connectivity index (χ1v) is 8.68. The molecule has 0 spiro atoms. The average Bonchev–Trinajstić information content (AvgIpc) is 2.46. The molecule has 0 atom stereocenters. The fourth-order valence-electron chi connectivity index (χ4n) is 1.98. The van der Waals surface area contributed by atoms with E-state index in [-0.39, 0.29) is 10.9 Å². The molecule has 0 heterocycles. The molecule has 0 aliphatic rings. The summed E-state index contributed by atoms with van der Waals surface area (Å²) >= 11 is 0. The van der Waals surface area contributed by atoms with E-state index in [2.05, 4.69) is 5.32 Å². The van der Waals surface area contributed by atoms with Crippen LogP contribution < -0.4 is 5.32 Å². The second-order valence-electron chi connectivity index (χ2n) is 5.47. The Balaban J connectivity index is 2.81. The molecule has 2 amide bonds. The largest absolute Gasteiger partial charge is 0.385 e. The van der Waals surface area contributed by atoms with E-state index in [1.54, 1.807) is 38.1 Å². The number of rotatable bonds is 7. The Labute approximate surface area is 138 Å². The lowest BCUT2D eigenvalue weighted by molar-refractivity contribution is 0.179. The van der Waals surface area contributed by atoms with Gasteiger partial charge in [-0.3, -0.25) is 0 Å². The smallest absolute Gasteiger partial charge is 0.321 e. The van der Waals surface area contributed by atoms with Crippen molar-refractivity contribution in [1.82, 2.24) is 9.21 Å². The van der Waals surface area contributed by atoms with E-state index in [0.29, 0.717) is 24.4 Å². The second-order valence-corrected chi connectivity index (χ2v) is 7.59. The third kappa shape index (κ3) is 5.19. The van der Waals surface area contributed by atoms with Crippen LogP contribution in [0.1, 0.15) is 12.0 Å². The maximum Gasteiger partial charge on any atom is 0.321 e. The monoisotopic (exact) mass is 343 g/mol. The topological polar surface area (TPSA) is 79.0 Å². The van der Waals surface area contributed by atoms with Crippen molar-refractivity contribution in [1.29, 1.82) is 0 Å². The van der Waals surface area contributed by atoms with Crippen LogP contribution in [0.15, 0.2) is 23.1 Å². The van der Waals surface area contributed by atoms with E-state index in [0.717, 1.165) is 10.7 Å². The van der Waals surface area contributed by atoms with Crippen LogP contribution in [0.3, 0.4) is 0 Å². The molecule has 0 saturated carbocycles. The first kappa shape index (κ1) is 19.4. The van der Waals surface area contributed by atoms with Crippen molar-refractivity contribution in [2.24, 2.45) is 0 Å². The number of nitrogens with one attached hydrogen (secondary N) is 1. The molecule has 0 radical (unpaired) electrons. The zero-order valence-corrected chi connectivity index (χ0v) is 15.1. The number of carbonyl (C=O) groups excluding carboxylic acids is 1. The average molecular weight is 343 g/mol. The minimum atomic E-state index is -3.49. The Bertz CT molecular complexity index is 644. The van der Waals surface area contributed by atoms with Gasteiger partial charge in [-0.2, -0.15) is 0 Å². The zero-order chi connectivity index (χ0) is 17.6. The molecule has 0 aliphatic heterocycles. The van der Waals surface area contributed by atoms with Crippen LogP contribution >= 0.6 is 0 Å². The van der Waals surface area contributed by atoms with E-state index in [4.69, 9.17) is 4.74 Å². The number of carbonyl (C=O) groups is 1. The molecule has 0 bridgehead atoms. The van der Waals surface area contributed by atoms with Crippen molar-refractivity contribution < 1.29 is 17.9 Å². The Morgan fingerprint density at radius 2 is 1.91 bits per heavy atom. The number of nitrogens with zero attached hydrogens (tertiary/aromatic N) is 2. The number of benzene rings is 1. The predicted molar refractivity (Wildman–Crippen MR) is 90.2 cm³/mol.